The van der Waals surface area contributed by atoms with Crippen molar-refractivity contribution in [2.24, 2.45) is 5.73 Å². The Morgan fingerprint density at radius 3 is 2.68 bits per heavy atom. The van der Waals surface area contributed by atoms with Gasteiger partial charge in [0.05, 0.1) is 18.1 Å². The van der Waals surface area contributed by atoms with E-state index in [0.717, 1.165) is 18.4 Å². The first-order chi connectivity index (χ1) is 16.5. The van der Waals surface area contributed by atoms with Gasteiger partial charge in [-0.15, -0.1) is 0 Å². The van der Waals surface area contributed by atoms with Crippen molar-refractivity contribution in [2.75, 3.05) is 6.61 Å². The Morgan fingerprint density at radius 2 is 1.91 bits per heavy atom. The zero-order chi connectivity index (χ0) is 24.1. The Hall–Kier alpha value is -3.95. The van der Waals surface area contributed by atoms with Crippen molar-refractivity contribution in [1.29, 1.82) is 5.26 Å². The molecule has 1 aliphatic rings. The summed E-state index contributed by atoms with van der Waals surface area (Å²) >= 11 is 6.42. The molecule has 1 unspecified atom stereocenters. The maximum atomic E-state index is 12.7. The predicted molar refractivity (Wildman–Crippen MR) is 129 cm³/mol. The van der Waals surface area contributed by atoms with Crippen molar-refractivity contribution in [3.63, 3.8) is 0 Å². The highest BCUT2D eigenvalue weighted by atomic mass is 35.5. The van der Waals surface area contributed by atoms with Crippen LogP contribution in [0.25, 0.3) is 0 Å². The van der Waals surface area contributed by atoms with E-state index >= 15 is 0 Å². The molecule has 1 atom stereocenters. The van der Waals surface area contributed by atoms with E-state index in [-0.39, 0.29) is 17.2 Å². The van der Waals surface area contributed by atoms with Crippen molar-refractivity contribution >= 4 is 17.6 Å². The van der Waals surface area contributed by atoms with Gasteiger partial charge in [0.15, 0.2) is 0 Å². The largest absolute Gasteiger partial charge is 0.494 e. The van der Waals surface area contributed by atoms with E-state index in [4.69, 9.17) is 31.5 Å². The van der Waals surface area contributed by atoms with Gasteiger partial charge in [-0.25, -0.2) is 4.79 Å². The van der Waals surface area contributed by atoms with Crippen LogP contribution in [-0.4, -0.2) is 12.6 Å². The quantitative estimate of drug-likeness (QED) is 0.258. The fourth-order valence-corrected chi connectivity index (χ4v) is 3.99. The third-order valence-corrected chi connectivity index (χ3v) is 5.80. The maximum Gasteiger partial charge on any atom is 0.343 e. The minimum absolute atomic E-state index is 0.0136. The molecule has 0 bridgehead atoms. The zero-order valence-corrected chi connectivity index (χ0v) is 19.3. The number of unbranched alkanes of at least 4 members (excludes halogenated alkanes) is 1. The number of esters is 1. The molecule has 34 heavy (non-hydrogen) atoms. The number of halogens is 1. The van der Waals surface area contributed by atoms with Gasteiger partial charge in [-0.1, -0.05) is 55.3 Å². The monoisotopic (exact) mass is 474 g/mol. The lowest BCUT2D eigenvalue weighted by Crippen LogP contribution is -2.21. The van der Waals surface area contributed by atoms with Gasteiger partial charge in [0.2, 0.25) is 5.88 Å². The number of rotatable bonds is 7. The second-order valence-corrected chi connectivity index (χ2v) is 8.17. The number of allylic oxidation sites excluding steroid dienone is 1. The molecule has 0 radical (unpaired) electrons. The molecule has 0 aliphatic carbocycles. The van der Waals surface area contributed by atoms with Crippen LogP contribution in [0.15, 0.2) is 78.2 Å². The Labute approximate surface area is 203 Å². The Kier molecular flexibility index (Phi) is 7.05. The second kappa shape index (κ2) is 10.3. The van der Waals surface area contributed by atoms with Crippen LogP contribution in [0.1, 0.15) is 47.2 Å². The molecule has 1 heterocycles. The average molecular weight is 475 g/mol. The third-order valence-electron chi connectivity index (χ3n) is 5.45. The number of hydrogen-bond donors (Lipinski definition) is 1. The van der Waals surface area contributed by atoms with Gasteiger partial charge in [-0.3, -0.25) is 0 Å². The Morgan fingerprint density at radius 1 is 1.09 bits per heavy atom. The third kappa shape index (κ3) is 4.85. The molecule has 0 amide bonds. The van der Waals surface area contributed by atoms with Crippen LogP contribution in [0.4, 0.5) is 0 Å². The van der Waals surface area contributed by atoms with Crippen molar-refractivity contribution in [2.45, 2.75) is 25.7 Å². The van der Waals surface area contributed by atoms with E-state index < -0.39 is 11.9 Å². The molecule has 6 nitrogen and oxygen atoms in total. The standard InChI is InChI=1S/C27H23ClN2O4/c1-2-3-13-32-18-8-6-7-17(14-18)27(31)33-19-11-12-21-24(15-19)34-26(30)22(16-29)25(21)20-9-4-5-10-23(20)28/h4-12,14-15,25H,2-3,13,30H2,1H3. The summed E-state index contributed by atoms with van der Waals surface area (Å²) in [5.74, 6) is 0.252. The normalized spacial score (nSPS) is 14.6. The topological polar surface area (TPSA) is 94.6 Å². The summed E-state index contributed by atoms with van der Waals surface area (Å²) in [5, 5.41) is 10.2. The number of ether oxygens (including phenoxy) is 3. The number of benzene rings is 3. The van der Waals surface area contributed by atoms with E-state index in [1.54, 1.807) is 48.5 Å². The fourth-order valence-electron chi connectivity index (χ4n) is 3.74. The minimum atomic E-state index is -0.527. The van der Waals surface area contributed by atoms with Crippen molar-refractivity contribution in [1.82, 2.24) is 0 Å². The van der Waals surface area contributed by atoms with Gasteiger partial charge in [0, 0.05) is 16.7 Å². The number of fused-ring (bicyclic) bond motifs is 1. The molecule has 1 aliphatic heterocycles. The lowest BCUT2D eigenvalue weighted by molar-refractivity contribution is 0.0734. The van der Waals surface area contributed by atoms with Gasteiger partial charge in [-0.2, -0.15) is 5.26 Å². The molecule has 172 valence electrons. The van der Waals surface area contributed by atoms with Crippen molar-refractivity contribution in [3.8, 4) is 23.3 Å². The van der Waals surface area contributed by atoms with E-state index in [1.807, 2.05) is 18.2 Å². The van der Waals surface area contributed by atoms with Crippen LogP contribution in [0.3, 0.4) is 0 Å². The van der Waals surface area contributed by atoms with Crippen LogP contribution in [-0.2, 0) is 0 Å². The summed E-state index contributed by atoms with van der Waals surface area (Å²) in [7, 11) is 0. The molecule has 4 rings (SSSR count). The van der Waals surface area contributed by atoms with E-state index in [2.05, 4.69) is 13.0 Å². The summed E-state index contributed by atoms with van der Waals surface area (Å²) in [6.07, 6.45) is 1.96. The Balaban J connectivity index is 1.60. The minimum Gasteiger partial charge on any atom is -0.494 e. The molecule has 0 aromatic heterocycles. The van der Waals surface area contributed by atoms with Gasteiger partial charge in [-0.05, 0) is 42.3 Å². The predicted octanol–water partition coefficient (Wildman–Crippen LogP) is 5.96. The van der Waals surface area contributed by atoms with Crippen molar-refractivity contribution in [3.05, 3.63) is 99.9 Å². The smallest absolute Gasteiger partial charge is 0.343 e. The summed E-state index contributed by atoms with van der Waals surface area (Å²) in [6, 6.07) is 21.3. The molecular formula is C27H23ClN2O4. The molecular weight excluding hydrogens is 452 g/mol. The Bertz CT molecular complexity index is 1300. The first kappa shape index (κ1) is 23.2. The van der Waals surface area contributed by atoms with E-state index in [0.29, 0.717) is 34.3 Å². The fraction of sp³-hybridized carbons (Fsp3) is 0.185. The summed E-state index contributed by atoms with van der Waals surface area (Å²) in [6.45, 7) is 2.67. The van der Waals surface area contributed by atoms with Gasteiger partial charge in [0.1, 0.15) is 28.9 Å². The maximum absolute atomic E-state index is 12.7. The summed E-state index contributed by atoms with van der Waals surface area (Å²) in [4.78, 5) is 12.7. The summed E-state index contributed by atoms with van der Waals surface area (Å²) < 4.78 is 17.0. The highest BCUT2D eigenvalue weighted by molar-refractivity contribution is 6.31. The van der Waals surface area contributed by atoms with Gasteiger partial charge >= 0.3 is 5.97 Å². The molecule has 7 heteroatoms. The first-order valence-corrected chi connectivity index (χ1v) is 11.3. The second-order valence-electron chi connectivity index (χ2n) is 7.77. The van der Waals surface area contributed by atoms with E-state index in [9.17, 15) is 10.1 Å². The zero-order valence-electron chi connectivity index (χ0n) is 18.6. The average Bonchev–Trinajstić information content (AvgIpc) is 2.84. The molecule has 0 saturated heterocycles. The number of nitriles is 1. The summed E-state index contributed by atoms with van der Waals surface area (Å²) in [5.41, 5.74) is 8.13. The van der Waals surface area contributed by atoms with E-state index in [1.165, 1.54) is 0 Å². The molecule has 0 fully saturated rings. The number of nitrogens with two attached hydrogens (primary N) is 1. The molecule has 3 aromatic carbocycles. The van der Waals surface area contributed by atoms with Crippen LogP contribution in [0, 0.1) is 11.3 Å². The molecule has 0 saturated carbocycles. The van der Waals surface area contributed by atoms with Crippen LogP contribution in [0.2, 0.25) is 5.02 Å². The first-order valence-electron chi connectivity index (χ1n) is 10.9. The van der Waals surface area contributed by atoms with Crippen LogP contribution in [0.5, 0.6) is 17.2 Å². The molecule has 2 N–H and O–H groups in total. The van der Waals surface area contributed by atoms with Gasteiger partial charge in [0.25, 0.3) is 0 Å². The highest BCUT2D eigenvalue weighted by Gasteiger charge is 2.32. The SMILES string of the molecule is CCCCOc1cccc(C(=O)Oc2ccc3c(c2)OC(N)=C(C#N)C3c2ccccc2Cl)c1. The molecule has 3 aromatic rings. The molecule has 0 spiro atoms. The van der Waals surface area contributed by atoms with Crippen LogP contribution >= 0.6 is 11.6 Å². The van der Waals surface area contributed by atoms with Crippen molar-refractivity contribution < 1.29 is 19.0 Å². The highest BCUT2D eigenvalue weighted by Crippen LogP contribution is 2.45. The lowest BCUT2D eigenvalue weighted by atomic mass is 9.83. The number of carbonyl (C=O) groups is 1. The number of nitrogens with zero attached hydrogens (tertiary/aromatic N) is 1. The lowest BCUT2D eigenvalue weighted by Gasteiger charge is -2.27. The number of hydrogen-bond acceptors (Lipinski definition) is 6. The number of carbonyl (C=O) groups excluding carboxylic acids is 1. The van der Waals surface area contributed by atoms with Gasteiger partial charge < -0.3 is 19.9 Å². The van der Waals surface area contributed by atoms with Crippen LogP contribution < -0.4 is 19.9 Å².